The van der Waals surface area contributed by atoms with Crippen LogP contribution >= 0.6 is 22.6 Å². The summed E-state index contributed by atoms with van der Waals surface area (Å²) in [5.74, 6) is 1.44. The summed E-state index contributed by atoms with van der Waals surface area (Å²) in [6.45, 7) is 5.70. The molecule has 0 saturated heterocycles. The third-order valence-electron chi connectivity index (χ3n) is 3.57. The Morgan fingerprint density at radius 2 is 1.60 bits per heavy atom. The van der Waals surface area contributed by atoms with Gasteiger partial charge in [0.15, 0.2) is 11.5 Å². The molecule has 0 aromatic heterocycles. The molecule has 0 fully saturated rings. The Morgan fingerprint density at radius 3 is 2.20 bits per heavy atom. The van der Waals surface area contributed by atoms with Crippen molar-refractivity contribution >= 4 is 28.3 Å². The summed E-state index contributed by atoms with van der Waals surface area (Å²) in [4.78, 5) is 0. The van der Waals surface area contributed by atoms with E-state index in [-0.39, 0.29) is 5.56 Å². The van der Waals surface area contributed by atoms with Crippen molar-refractivity contribution in [2.24, 2.45) is 0 Å². The molecule has 0 amide bonds. The maximum atomic E-state index is 13.2. The summed E-state index contributed by atoms with van der Waals surface area (Å²) in [5, 5.41) is 3.32. The maximum absolute atomic E-state index is 13.2. The van der Waals surface area contributed by atoms with Gasteiger partial charge in [-0.15, -0.1) is 0 Å². The highest BCUT2D eigenvalue weighted by atomic mass is 127. The molecule has 2 aromatic carbocycles. The summed E-state index contributed by atoms with van der Waals surface area (Å²) in [6.07, 6.45) is 0.740. The Labute approximate surface area is 160 Å². The Morgan fingerprint density at radius 1 is 0.960 bits per heavy atom. The molecule has 2 rings (SSSR count). The standard InChI is InChI=1S/C19H22F2INO2/c1-3-24-17-10-9-16(13-18(17)25-4-2)23-12-11-14-5-7-15(8-6-14)19(20,21)22/h5-10,13,23H,3-4,11-12H2,1-2H3. The fourth-order valence-corrected chi connectivity index (χ4v) is 2.73. The van der Waals surface area contributed by atoms with Crippen LogP contribution in [0.3, 0.4) is 0 Å². The van der Waals surface area contributed by atoms with E-state index >= 15 is 0 Å². The lowest BCUT2D eigenvalue weighted by Gasteiger charge is -2.14. The fourth-order valence-electron chi connectivity index (χ4n) is 2.37. The van der Waals surface area contributed by atoms with E-state index in [2.05, 4.69) is 5.32 Å². The number of hydrogen-bond donors (Lipinski definition) is 1. The molecule has 0 unspecified atom stereocenters. The van der Waals surface area contributed by atoms with Gasteiger partial charge in [-0.25, -0.2) is 0 Å². The Hall–Kier alpha value is -1.57. The molecule has 25 heavy (non-hydrogen) atoms. The number of rotatable bonds is 9. The predicted octanol–water partition coefficient (Wildman–Crippen LogP) is 5.62. The number of hydrogen-bond acceptors (Lipinski definition) is 3. The molecule has 0 heterocycles. The first-order valence-electron chi connectivity index (χ1n) is 8.23. The Kier molecular flexibility index (Phi) is 7.28. The summed E-state index contributed by atoms with van der Waals surface area (Å²) in [6, 6.07) is 12.2. The minimum Gasteiger partial charge on any atom is -0.490 e. The lowest BCUT2D eigenvalue weighted by atomic mass is 10.1. The average molecular weight is 461 g/mol. The van der Waals surface area contributed by atoms with E-state index in [4.69, 9.17) is 9.47 Å². The highest BCUT2D eigenvalue weighted by molar-refractivity contribution is 14.1. The molecule has 1 N–H and O–H groups in total. The molecule has 2 aromatic rings. The first kappa shape index (κ1) is 19.8. The van der Waals surface area contributed by atoms with Crippen molar-refractivity contribution in [1.29, 1.82) is 0 Å². The monoisotopic (exact) mass is 461 g/mol. The van der Waals surface area contributed by atoms with Crippen LogP contribution in [0.25, 0.3) is 0 Å². The van der Waals surface area contributed by atoms with Gasteiger partial charge < -0.3 is 14.8 Å². The van der Waals surface area contributed by atoms with Gasteiger partial charge in [0.2, 0.25) is 0 Å². The van der Waals surface area contributed by atoms with Crippen LogP contribution in [0, 0.1) is 0 Å². The maximum Gasteiger partial charge on any atom is 0.321 e. The van der Waals surface area contributed by atoms with Crippen molar-refractivity contribution in [2.45, 2.75) is 24.2 Å². The molecule has 0 bridgehead atoms. The molecule has 0 aliphatic rings. The molecular weight excluding hydrogens is 439 g/mol. The zero-order chi connectivity index (χ0) is 18.3. The minimum atomic E-state index is -2.83. The van der Waals surface area contributed by atoms with Gasteiger partial charge in [-0.3, -0.25) is 0 Å². The van der Waals surface area contributed by atoms with Crippen LogP contribution in [0.2, 0.25) is 0 Å². The lowest BCUT2D eigenvalue weighted by Crippen LogP contribution is -2.07. The lowest BCUT2D eigenvalue weighted by molar-refractivity contribution is 0.127. The number of nitrogens with one attached hydrogen (secondary N) is 1. The molecule has 0 aliphatic carbocycles. The van der Waals surface area contributed by atoms with Crippen molar-refractivity contribution in [3.05, 3.63) is 53.6 Å². The number of halogens is 3. The van der Waals surface area contributed by atoms with Gasteiger partial charge in [0.1, 0.15) is 0 Å². The quantitative estimate of drug-likeness (QED) is 0.388. The van der Waals surface area contributed by atoms with Crippen LogP contribution in [-0.4, -0.2) is 19.8 Å². The SMILES string of the molecule is CCOc1ccc(NCCc2ccc(C(F)(F)I)cc2)cc1OCC. The van der Waals surface area contributed by atoms with E-state index in [1.54, 1.807) is 12.1 Å². The zero-order valence-electron chi connectivity index (χ0n) is 14.3. The molecule has 6 heteroatoms. The molecule has 136 valence electrons. The second-order valence-corrected chi connectivity index (χ2v) is 6.75. The third kappa shape index (κ3) is 6.02. The van der Waals surface area contributed by atoms with Crippen molar-refractivity contribution < 1.29 is 18.3 Å². The van der Waals surface area contributed by atoms with E-state index in [0.29, 0.717) is 25.5 Å². The fraction of sp³-hybridized carbons (Fsp3) is 0.368. The van der Waals surface area contributed by atoms with Gasteiger partial charge in [0.25, 0.3) is 0 Å². The van der Waals surface area contributed by atoms with Crippen LogP contribution in [0.1, 0.15) is 25.0 Å². The molecule has 0 radical (unpaired) electrons. The van der Waals surface area contributed by atoms with Gasteiger partial charge in [0, 0.05) is 46.5 Å². The number of ether oxygens (including phenoxy) is 2. The summed E-state index contributed by atoms with van der Waals surface area (Å²) in [7, 11) is 0. The van der Waals surface area contributed by atoms with Crippen molar-refractivity contribution in [3.8, 4) is 11.5 Å². The van der Waals surface area contributed by atoms with Gasteiger partial charge in [-0.2, -0.15) is 8.78 Å². The molecule has 3 nitrogen and oxygen atoms in total. The van der Waals surface area contributed by atoms with Crippen LogP contribution in [-0.2, 0) is 10.4 Å². The normalized spacial score (nSPS) is 11.2. The smallest absolute Gasteiger partial charge is 0.321 e. The van der Waals surface area contributed by atoms with Gasteiger partial charge >= 0.3 is 3.93 Å². The molecule has 0 saturated carbocycles. The second kappa shape index (κ2) is 9.22. The third-order valence-corrected chi connectivity index (χ3v) is 4.19. The number of benzene rings is 2. The van der Waals surface area contributed by atoms with E-state index in [1.807, 2.05) is 32.0 Å². The minimum absolute atomic E-state index is 0.0256. The molecule has 0 aliphatic heterocycles. The molecule has 0 atom stereocenters. The molecule has 0 spiro atoms. The van der Waals surface area contributed by atoms with Crippen LogP contribution in [0.15, 0.2) is 42.5 Å². The van der Waals surface area contributed by atoms with Crippen molar-refractivity contribution in [3.63, 3.8) is 0 Å². The predicted molar refractivity (Wildman–Crippen MR) is 105 cm³/mol. The van der Waals surface area contributed by atoms with Gasteiger partial charge in [-0.05, 0) is 38.0 Å². The first-order chi connectivity index (χ1) is 11.9. The summed E-state index contributed by atoms with van der Waals surface area (Å²) < 4.78 is 34.7. The first-order valence-corrected chi connectivity index (χ1v) is 9.31. The van der Waals surface area contributed by atoms with Gasteiger partial charge in [0.05, 0.1) is 13.2 Å². The second-order valence-electron chi connectivity index (χ2n) is 5.40. The van der Waals surface area contributed by atoms with Crippen molar-refractivity contribution in [1.82, 2.24) is 0 Å². The highest BCUT2D eigenvalue weighted by Gasteiger charge is 2.26. The van der Waals surface area contributed by atoms with Crippen LogP contribution in [0.5, 0.6) is 11.5 Å². The average Bonchev–Trinajstić information content (AvgIpc) is 2.57. The summed E-state index contributed by atoms with van der Waals surface area (Å²) >= 11 is 1.14. The number of alkyl halides is 3. The van der Waals surface area contributed by atoms with Crippen LogP contribution in [0.4, 0.5) is 14.5 Å². The summed E-state index contributed by atoms with van der Waals surface area (Å²) in [5.41, 5.74) is 1.97. The zero-order valence-corrected chi connectivity index (χ0v) is 16.5. The Bertz CT molecular complexity index is 672. The highest BCUT2D eigenvalue weighted by Crippen LogP contribution is 2.35. The Balaban J connectivity index is 1.94. The van der Waals surface area contributed by atoms with Crippen molar-refractivity contribution in [2.75, 3.05) is 25.1 Å². The van der Waals surface area contributed by atoms with E-state index in [9.17, 15) is 8.78 Å². The van der Waals surface area contributed by atoms with Gasteiger partial charge in [-0.1, -0.05) is 24.3 Å². The molecular formula is C19H22F2INO2. The largest absolute Gasteiger partial charge is 0.490 e. The van der Waals surface area contributed by atoms with E-state index in [1.165, 1.54) is 12.1 Å². The number of anilines is 1. The van der Waals surface area contributed by atoms with E-state index < -0.39 is 3.93 Å². The van der Waals surface area contributed by atoms with Crippen LogP contribution < -0.4 is 14.8 Å². The topological polar surface area (TPSA) is 30.5 Å². The van der Waals surface area contributed by atoms with E-state index in [0.717, 1.165) is 46.0 Å².